The molecule has 8 nitrogen and oxygen atoms in total. The van der Waals surface area contributed by atoms with Crippen LogP contribution in [-0.4, -0.2) is 40.4 Å². The first kappa shape index (κ1) is 21.9. The Bertz CT molecular complexity index is 994. The van der Waals surface area contributed by atoms with E-state index in [1.165, 1.54) is 0 Å². The molecule has 30 heavy (non-hydrogen) atoms. The minimum absolute atomic E-state index is 0.00640. The lowest BCUT2D eigenvalue weighted by molar-refractivity contribution is 0.0844. The summed E-state index contributed by atoms with van der Waals surface area (Å²) in [5, 5.41) is 17.0. The van der Waals surface area contributed by atoms with Crippen molar-refractivity contribution in [3.63, 3.8) is 0 Å². The summed E-state index contributed by atoms with van der Waals surface area (Å²) >= 11 is 11.9. The molecule has 0 bridgehead atoms. The maximum atomic E-state index is 12.2. The van der Waals surface area contributed by atoms with Gasteiger partial charge in [-0.25, -0.2) is 0 Å². The van der Waals surface area contributed by atoms with E-state index in [2.05, 4.69) is 15.5 Å². The molecular formula is C20H19Cl2N3O5. The van der Waals surface area contributed by atoms with Gasteiger partial charge in [-0.2, -0.15) is 4.98 Å². The molecule has 0 spiro atoms. The fourth-order valence-corrected chi connectivity index (χ4v) is 2.75. The molecule has 0 aliphatic carbocycles. The Kier molecular flexibility index (Phi) is 7.51. The largest absolute Gasteiger partial charge is 0.489 e. The fraction of sp³-hybridized carbons (Fsp3) is 0.250. The molecule has 158 valence electrons. The second-order valence-electron chi connectivity index (χ2n) is 6.27. The summed E-state index contributed by atoms with van der Waals surface area (Å²) < 4.78 is 15.9. The highest BCUT2D eigenvalue weighted by Crippen LogP contribution is 2.31. The van der Waals surface area contributed by atoms with Crippen LogP contribution in [0.4, 0.5) is 0 Å². The Hall–Kier alpha value is -2.81. The number of aryl methyl sites for hydroxylation is 1. The summed E-state index contributed by atoms with van der Waals surface area (Å²) in [5.74, 6) is 1.48. The number of aliphatic hydroxyl groups is 1. The van der Waals surface area contributed by atoms with Crippen molar-refractivity contribution in [1.82, 2.24) is 15.5 Å². The number of aromatic nitrogens is 2. The number of nitrogens with zero attached hydrogens (tertiary/aromatic N) is 2. The van der Waals surface area contributed by atoms with Crippen molar-refractivity contribution >= 4 is 29.1 Å². The molecule has 0 fully saturated rings. The van der Waals surface area contributed by atoms with Crippen molar-refractivity contribution < 1.29 is 23.9 Å². The number of rotatable bonds is 9. The number of ether oxygens (including phenoxy) is 2. The third kappa shape index (κ3) is 6.09. The van der Waals surface area contributed by atoms with Gasteiger partial charge in [-0.1, -0.05) is 34.4 Å². The normalized spacial score (nSPS) is 11.7. The van der Waals surface area contributed by atoms with E-state index in [1.807, 2.05) is 0 Å². The van der Waals surface area contributed by atoms with Crippen molar-refractivity contribution in [2.24, 2.45) is 0 Å². The van der Waals surface area contributed by atoms with Crippen molar-refractivity contribution in [2.75, 3.05) is 13.2 Å². The van der Waals surface area contributed by atoms with Gasteiger partial charge in [0, 0.05) is 19.0 Å². The first-order chi connectivity index (χ1) is 14.4. The molecule has 1 atom stereocenters. The molecule has 1 heterocycles. The van der Waals surface area contributed by atoms with Crippen LogP contribution in [0.2, 0.25) is 10.0 Å². The van der Waals surface area contributed by atoms with Gasteiger partial charge < -0.3 is 24.4 Å². The zero-order chi connectivity index (χ0) is 21.5. The lowest BCUT2D eigenvalue weighted by Gasteiger charge is -2.14. The molecule has 2 N–H and O–H groups in total. The molecular weight excluding hydrogens is 433 g/mol. The van der Waals surface area contributed by atoms with Crippen molar-refractivity contribution in [3.05, 3.63) is 69.8 Å². The number of carbonyl (C=O) groups is 1. The quantitative estimate of drug-likeness (QED) is 0.512. The molecule has 1 aromatic heterocycles. The van der Waals surface area contributed by atoms with Gasteiger partial charge in [0.05, 0.1) is 5.02 Å². The van der Waals surface area contributed by atoms with E-state index in [4.69, 9.17) is 37.2 Å². The highest BCUT2D eigenvalue weighted by atomic mass is 35.5. The first-order valence-electron chi connectivity index (χ1n) is 8.97. The Balaban J connectivity index is 1.43. The predicted octanol–water partition coefficient (Wildman–Crippen LogP) is 3.43. The van der Waals surface area contributed by atoms with E-state index >= 15 is 0 Å². The Morgan fingerprint density at radius 1 is 1.20 bits per heavy atom. The number of hydrogen-bond acceptors (Lipinski definition) is 7. The van der Waals surface area contributed by atoms with Gasteiger partial charge in [-0.15, -0.1) is 0 Å². The van der Waals surface area contributed by atoms with E-state index in [0.29, 0.717) is 33.8 Å². The summed E-state index contributed by atoms with van der Waals surface area (Å²) in [4.78, 5) is 16.3. The summed E-state index contributed by atoms with van der Waals surface area (Å²) in [5.41, 5.74) is 0.420. The second kappa shape index (κ2) is 10.3. The molecule has 0 aliphatic rings. The molecule has 1 amide bonds. The number of nitrogens with one attached hydrogen (secondary N) is 1. The van der Waals surface area contributed by atoms with E-state index in [1.54, 1.807) is 49.4 Å². The standard InChI is InChI=1S/C20H19Cl2N3O5/c1-12-24-18(25-30-12)11-28-15-7-5-13(6-8-15)20(27)23-9-14(26)10-29-17-4-2-3-16(21)19(17)22/h2-8,14,26H,9-11H2,1H3,(H,23,27). The molecule has 3 aromatic rings. The lowest BCUT2D eigenvalue weighted by atomic mass is 10.2. The number of hydrogen-bond donors (Lipinski definition) is 2. The van der Waals surface area contributed by atoms with Crippen molar-refractivity contribution in [2.45, 2.75) is 19.6 Å². The summed E-state index contributed by atoms with van der Waals surface area (Å²) in [6.07, 6.45) is -0.926. The number of carbonyl (C=O) groups excluding carboxylic acids is 1. The molecule has 2 aromatic carbocycles. The van der Waals surface area contributed by atoms with Crippen LogP contribution in [0.3, 0.4) is 0 Å². The Labute approximate surface area is 182 Å². The highest BCUT2D eigenvalue weighted by molar-refractivity contribution is 6.42. The van der Waals surface area contributed by atoms with Crippen molar-refractivity contribution in [3.8, 4) is 11.5 Å². The summed E-state index contributed by atoms with van der Waals surface area (Å²) in [6.45, 7) is 1.81. The highest BCUT2D eigenvalue weighted by Gasteiger charge is 2.12. The van der Waals surface area contributed by atoms with E-state index in [-0.39, 0.29) is 30.7 Å². The average Bonchev–Trinajstić information content (AvgIpc) is 3.17. The molecule has 0 saturated heterocycles. The fourth-order valence-electron chi connectivity index (χ4n) is 2.40. The third-order valence-electron chi connectivity index (χ3n) is 3.90. The Morgan fingerprint density at radius 2 is 1.97 bits per heavy atom. The van der Waals surface area contributed by atoms with Gasteiger partial charge in [0.2, 0.25) is 11.7 Å². The number of aliphatic hydroxyl groups excluding tert-OH is 1. The smallest absolute Gasteiger partial charge is 0.251 e. The van der Waals surface area contributed by atoms with Crippen LogP contribution in [0.15, 0.2) is 47.0 Å². The lowest BCUT2D eigenvalue weighted by Crippen LogP contribution is -2.35. The van der Waals surface area contributed by atoms with E-state index < -0.39 is 6.10 Å². The molecule has 0 radical (unpaired) electrons. The van der Waals surface area contributed by atoms with Crippen LogP contribution in [0.25, 0.3) is 0 Å². The van der Waals surface area contributed by atoms with Gasteiger partial charge in [-0.05, 0) is 36.4 Å². The van der Waals surface area contributed by atoms with E-state index in [9.17, 15) is 9.90 Å². The summed E-state index contributed by atoms with van der Waals surface area (Å²) in [7, 11) is 0. The number of amides is 1. The van der Waals surface area contributed by atoms with Crippen molar-refractivity contribution in [1.29, 1.82) is 0 Å². The number of benzene rings is 2. The van der Waals surface area contributed by atoms with Gasteiger partial charge in [0.1, 0.15) is 29.2 Å². The third-order valence-corrected chi connectivity index (χ3v) is 4.70. The topological polar surface area (TPSA) is 107 Å². The van der Waals surface area contributed by atoms with Gasteiger partial charge in [-0.3, -0.25) is 4.79 Å². The second-order valence-corrected chi connectivity index (χ2v) is 7.05. The van der Waals surface area contributed by atoms with Crippen LogP contribution in [0.1, 0.15) is 22.1 Å². The maximum absolute atomic E-state index is 12.2. The molecule has 1 unspecified atom stereocenters. The van der Waals surface area contributed by atoms with Crippen LogP contribution < -0.4 is 14.8 Å². The predicted molar refractivity (Wildman–Crippen MR) is 110 cm³/mol. The molecule has 3 rings (SSSR count). The van der Waals surface area contributed by atoms with Gasteiger partial charge >= 0.3 is 0 Å². The zero-order valence-electron chi connectivity index (χ0n) is 16.0. The molecule has 10 heteroatoms. The van der Waals surface area contributed by atoms with Crippen LogP contribution in [0, 0.1) is 6.92 Å². The van der Waals surface area contributed by atoms with Gasteiger partial charge in [0.15, 0.2) is 6.61 Å². The SMILES string of the molecule is Cc1nc(COc2ccc(C(=O)NCC(O)COc3cccc(Cl)c3Cl)cc2)no1. The molecule has 0 saturated carbocycles. The van der Waals surface area contributed by atoms with Crippen LogP contribution in [-0.2, 0) is 6.61 Å². The average molecular weight is 452 g/mol. The summed E-state index contributed by atoms with van der Waals surface area (Å²) in [6, 6.07) is 11.5. The first-order valence-corrected chi connectivity index (χ1v) is 9.73. The maximum Gasteiger partial charge on any atom is 0.251 e. The zero-order valence-corrected chi connectivity index (χ0v) is 17.5. The monoisotopic (exact) mass is 451 g/mol. The van der Waals surface area contributed by atoms with Gasteiger partial charge in [0.25, 0.3) is 5.91 Å². The Morgan fingerprint density at radius 3 is 2.67 bits per heavy atom. The van der Waals surface area contributed by atoms with Crippen LogP contribution in [0.5, 0.6) is 11.5 Å². The van der Waals surface area contributed by atoms with Crippen LogP contribution >= 0.6 is 23.2 Å². The molecule has 0 aliphatic heterocycles. The minimum atomic E-state index is -0.926. The van der Waals surface area contributed by atoms with E-state index in [0.717, 1.165) is 0 Å². The minimum Gasteiger partial charge on any atom is -0.489 e. The number of halogens is 2.